The molecule has 2 aromatic heterocycles. The third kappa shape index (κ3) is 2.28. The zero-order chi connectivity index (χ0) is 14.2. The molecule has 21 heavy (non-hydrogen) atoms. The van der Waals surface area contributed by atoms with E-state index in [0.29, 0.717) is 12.1 Å². The molecule has 0 aromatic carbocycles. The lowest BCUT2D eigenvalue weighted by Gasteiger charge is -2.37. The zero-order valence-corrected chi connectivity index (χ0v) is 12.4. The van der Waals surface area contributed by atoms with Crippen molar-refractivity contribution in [2.45, 2.75) is 38.5 Å². The van der Waals surface area contributed by atoms with Gasteiger partial charge in [0.2, 0.25) is 0 Å². The molecule has 0 N–H and O–H groups in total. The van der Waals surface area contributed by atoms with Gasteiger partial charge in [-0.1, -0.05) is 0 Å². The maximum Gasteiger partial charge on any atom is 0.126 e. The molecule has 6 nitrogen and oxygen atoms in total. The van der Waals surface area contributed by atoms with Gasteiger partial charge >= 0.3 is 0 Å². The molecule has 0 bridgehead atoms. The number of hydrogen-bond acceptors (Lipinski definition) is 4. The second-order valence-corrected chi connectivity index (χ2v) is 5.89. The van der Waals surface area contributed by atoms with E-state index < -0.39 is 0 Å². The molecule has 0 saturated carbocycles. The van der Waals surface area contributed by atoms with E-state index in [1.807, 2.05) is 29.3 Å². The fourth-order valence-electron chi connectivity index (χ4n) is 3.54. The van der Waals surface area contributed by atoms with E-state index in [1.54, 1.807) is 0 Å². The summed E-state index contributed by atoms with van der Waals surface area (Å²) in [6.07, 6.45) is 6.96. The van der Waals surface area contributed by atoms with Crippen LogP contribution < -0.4 is 0 Å². The highest BCUT2D eigenvalue weighted by Crippen LogP contribution is 2.29. The summed E-state index contributed by atoms with van der Waals surface area (Å²) in [7, 11) is 0. The monoisotopic (exact) mass is 287 g/mol. The van der Waals surface area contributed by atoms with E-state index in [-0.39, 0.29) is 0 Å². The maximum absolute atomic E-state index is 5.54. The van der Waals surface area contributed by atoms with Crippen molar-refractivity contribution < 1.29 is 4.74 Å². The van der Waals surface area contributed by atoms with Crippen molar-refractivity contribution in [3.63, 3.8) is 0 Å². The minimum Gasteiger partial charge on any atom is -0.380 e. The van der Waals surface area contributed by atoms with Crippen LogP contribution in [-0.4, -0.2) is 50.0 Å². The third-order valence-electron chi connectivity index (χ3n) is 4.68. The molecule has 6 heteroatoms. The molecule has 0 spiro atoms. The van der Waals surface area contributed by atoms with Crippen LogP contribution in [0.1, 0.15) is 30.9 Å². The Kier molecular flexibility index (Phi) is 3.27. The van der Waals surface area contributed by atoms with Crippen molar-refractivity contribution in [3.8, 4) is 0 Å². The Hall–Kier alpha value is -1.66. The van der Waals surface area contributed by atoms with Gasteiger partial charge in [0, 0.05) is 38.1 Å². The highest BCUT2D eigenvalue weighted by Gasteiger charge is 2.33. The van der Waals surface area contributed by atoms with Gasteiger partial charge in [0.1, 0.15) is 5.82 Å². The predicted molar refractivity (Wildman–Crippen MR) is 77.9 cm³/mol. The van der Waals surface area contributed by atoms with Gasteiger partial charge in [-0.15, -0.1) is 0 Å². The summed E-state index contributed by atoms with van der Waals surface area (Å²) in [5.41, 5.74) is 1.24. The summed E-state index contributed by atoms with van der Waals surface area (Å²) in [5, 5.41) is 4.29. The topological polar surface area (TPSA) is 48.1 Å². The van der Waals surface area contributed by atoms with Crippen LogP contribution in [0.3, 0.4) is 0 Å². The van der Waals surface area contributed by atoms with E-state index in [9.17, 15) is 0 Å². The minimum absolute atomic E-state index is 0.358. The van der Waals surface area contributed by atoms with Crippen LogP contribution >= 0.6 is 0 Å². The van der Waals surface area contributed by atoms with Gasteiger partial charge in [0.25, 0.3) is 0 Å². The summed E-state index contributed by atoms with van der Waals surface area (Å²) in [5.74, 6) is 1.18. The number of fused-ring (bicyclic) bond motifs is 1. The Balaban J connectivity index is 1.56. The van der Waals surface area contributed by atoms with Crippen LogP contribution in [0.15, 0.2) is 24.7 Å². The number of hydrogen-bond donors (Lipinski definition) is 0. The lowest BCUT2D eigenvalue weighted by atomic mass is 10.1. The van der Waals surface area contributed by atoms with Crippen LogP contribution in [0.4, 0.5) is 0 Å². The molecule has 2 aromatic rings. The summed E-state index contributed by atoms with van der Waals surface area (Å²) < 4.78 is 9.85. The highest BCUT2D eigenvalue weighted by atomic mass is 16.5. The van der Waals surface area contributed by atoms with E-state index in [0.717, 1.165) is 39.3 Å². The Morgan fingerprint density at radius 2 is 2.33 bits per heavy atom. The average Bonchev–Trinajstić information content (AvgIpc) is 3.21. The first kappa shape index (κ1) is 13.0. The fraction of sp³-hybridized carbons (Fsp3) is 0.600. The average molecular weight is 287 g/mol. The Bertz CT molecular complexity index is 600. The first-order valence-corrected chi connectivity index (χ1v) is 7.68. The molecule has 1 fully saturated rings. The molecule has 2 aliphatic heterocycles. The molecule has 4 rings (SSSR count). The van der Waals surface area contributed by atoms with Crippen LogP contribution in [0.2, 0.25) is 0 Å². The molecule has 2 unspecified atom stereocenters. The van der Waals surface area contributed by atoms with E-state index in [4.69, 9.17) is 4.74 Å². The van der Waals surface area contributed by atoms with Gasteiger partial charge in [-0.25, -0.2) is 4.98 Å². The molecular weight excluding hydrogens is 266 g/mol. The zero-order valence-electron chi connectivity index (χ0n) is 12.4. The number of imidazole rings is 1. The molecule has 0 radical (unpaired) electrons. The van der Waals surface area contributed by atoms with Crippen LogP contribution in [0, 0.1) is 0 Å². The van der Waals surface area contributed by atoms with Gasteiger partial charge in [0.05, 0.1) is 31.1 Å². The molecule has 2 atom stereocenters. The predicted octanol–water partition coefficient (Wildman–Crippen LogP) is 1.29. The highest BCUT2D eigenvalue weighted by molar-refractivity contribution is 5.12. The van der Waals surface area contributed by atoms with Crippen molar-refractivity contribution in [1.82, 2.24) is 24.2 Å². The minimum atomic E-state index is 0.358. The summed E-state index contributed by atoms with van der Waals surface area (Å²) in [6, 6.07) is 2.87. The molecule has 1 saturated heterocycles. The first-order valence-electron chi connectivity index (χ1n) is 7.68. The molecule has 4 heterocycles. The Morgan fingerprint density at radius 3 is 3.10 bits per heavy atom. The van der Waals surface area contributed by atoms with Crippen LogP contribution in [0.5, 0.6) is 0 Å². The number of nitrogens with zero attached hydrogens (tertiary/aromatic N) is 5. The van der Waals surface area contributed by atoms with Gasteiger partial charge < -0.3 is 9.30 Å². The molecule has 0 amide bonds. The van der Waals surface area contributed by atoms with Crippen molar-refractivity contribution in [3.05, 3.63) is 36.2 Å². The van der Waals surface area contributed by atoms with Gasteiger partial charge in [0.15, 0.2) is 0 Å². The Labute approximate surface area is 124 Å². The fourth-order valence-corrected chi connectivity index (χ4v) is 3.54. The van der Waals surface area contributed by atoms with Crippen molar-refractivity contribution >= 4 is 0 Å². The van der Waals surface area contributed by atoms with Gasteiger partial charge in [-0.2, -0.15) is 5.10 Å². The van der Waals surface area contributed by atoms with Crippen LogP contribution in [0.25, 0.3) is 0 Å². The number of aromatic nitrogens is 4. The second kappa shape index (κ2) is 5.27. The normalized spacial score (nSPS) is 26.1. The lowest BCUT2D eigenvalue weighted by molar-refractivity contribution is 0.0897. The van der Waals surface area contributed by atoms with Crippen molar-refractivity contribution in [1.29, 1.82) is 0 Å². The molecule has 2 aliphatic rings. The molecule has 112 valence electrons. The number of ether oxygens (including phenoxy) is 1. The van der Waals surface area contributed by atoms with Gasteiger partial charge in [-0.05, 0) is 19.4 Å². The maximum atomic E-state index is 5.54. The van der Waals surface area contributed by atoms with Crippen LogP contribution in [-0.2, 0) is 17.8 Å². The van der Waals surface area contributed by atoms with Crippen molar-refractivity contribution in [2.24, 2.45) is 0 Å². The summed E-state index contributed by atoms with van der Waals surface area (Å²) in [6.45, 7) is 6.89. The Morgan fingerprint density at radius 1 is 1.38 bits per heavy atom. The van der Waals surface area contributed by atoms with Crippen molar-refractivity contribution in [2.75, 3.05) is 19.8 Å². The number of rotatable bonds is 3. The summed E-state index contributed by atoms with van der Waals surface area (Å²) in [4.78, 5) is 7.23. The first-order chi connectivity index (χ1) is 10.3. The van der Waals surface area contributed by atoms with Gasteiger partial charge in [-0.3, -0.25) is 9.58 Å². The third-order valence-corrected chi connectivity index (χ3v) is 4.68. The van der Waals surface area contributed by atoms with E-state index in [1.165, 1.54) is 11.5 Å². The summed E-state index contributed by atoms with van der Waals surface area (Å²) >= 11 is 0. The molecule has 0 aliphatic carbocycles. The largest absolute Gasteiger partial charge is 0.380 e. The standard InChI is InChI=1S/C15H21N5O/c1-12-15-16-9-14(10-18-5-2-4-17-18)20(15)7-6-19(12)13-3-8-21-11-13/h2,4-5,9,12-13H,3,6-8,10-11H2,1H3. The van der Waals surface area contributed by atoms with E-state index in [2.05, 4.69) is 26.5 Å². The lowest BCUT2D eigenvalue weighted by Crippen LogP contribution is -2.44. The smallest absolute Gasteiger partial charge is 0.126 e. The quantitative estimate of drug-likeness (QED) is 0.853. The van der Waals surface area contributed by atoms with E-state index >= 15 is 0 Å². The SMILES string of the molecule is CC1c2ncc(Cn3cccn3)n2CCN1C1CCOC1. The second-order valence-electron chi connectivity index (χ2n) is 5.89. The molecular formula is C15H21N5O.